The molecule has 2 saturated heterocycles. The number of carboxylic acids is 1. The molecule has 77 heavy (non-hydrogen) atoms. The number of phenols is 1. The van der Waals surface area contributed by atoms with Crippen LogP contribution in [-0.2, 0) is 64.0 Å². The summed E-state index contributed by atoms with van der Waals surface area (Å²) < 4.78 is 0. The molecule has 0 spiro atoms. The summed E-state index contributed by atoms with van der Waals surface area (Å²) >= 11 is 0. The number of hydrogen-bond donors (Lipinski definition) is 13. The number of aliphatic hydroxyl groups excluding tert-OH is 1. The van der Waals surface area contributed by atoms with E-state index in [0.717, 1.165) is 49.8 Å². The van der Waals surface area contributed by atoms with Crippen molar-refractivity contribution in [3.63, 3.8) is 0 Å². The van der Waals surface area contributed by atoms with Gasteiger partial charge in [0.2, 0.25) is 65.0 Å². The van der Waals surface area contributed by atoms with Gasteiger partial charge in [0.05, 0.1) is 25.9 Å². The smallest absolute Gasteiger partial charge is 0.305 e. The van der Waals surface area contributed by atoms with Crippen LogP contribution in [-0.4, -0.2) is 153 Å². The Balaban J connectivity index is 2.09. The molecule has 2 fully saturated rings. The molecule has 0 aromatic heterocycles. The number of rotatable bonds is 24. The van der Waals surface area contributed by atoms with E-state index < -0.39 is 164 Å². The summed E-state index contributed by atoms with van der Waals surface area (Å²) in [4.78, 5) is 162. The average Bonchev–Trinajstić information content (AvgIpc) is 3.86. The molecule has 1 aromatic rings. The molecule has 3 rings (SSSR count). The lowest BCUT2D eigenvalue weighted by atomic mass is 9.99. The van der Waals surface area contributed by atoms with Crippen LogP contribution in [0.15, 0.2) is 24.3 Å². The van der Waals surface area contributed by atoms with Gasteiger partial charge in [0.1, 0.15) is 48.0 Å². The molecule has 0 radical (unpaired) electrons. The van der Waals surface area contributed by atoms with Crippen LogP contribution in [0.5, 0.6) is 5.75 Å². The molecule has 2 heterocycles. The van der Waals surface area contributed by atoms with Crippen molar-refractivity contribution in [2.45, 2.75) is 191 Å². The average molecular weight is 1090 g/mol. The van der Waals surface area contributed by atoms with Gasteiger partial charge in [-0.2, -0.15) is 0 Å². The molecular weight excluding hydrogens is 1010 g/mol. The number of amides is 11. The van der Waals surface area contributed by atoms with E-state index in [4.69, 9.17) is 17.2 Å². The third-order valence-corrected chi connectivity index (χ3v) is 13.5. The fraction of sp³-hybridized carbons (Fsp3) is 0.647. The number of benzene rings is 1. The first-order valence-electron chi connectivity index (χ1n) is 26.4. The van der Waals surface area contributed by atoms with Crippen molar-refractivity contribution in [2.24, 2.45) is 23.1 Å². The molecule has 26 nitrogen and oxygen atoms in total. The minimum absolute atomic E-state index is 0.00402. The van der Waals surface area contributed by atoms with E-state index in [-0.39, 0.29) is 38.0 Å². The van der Waals surface area contributed by atoms with Gasteiger partial charge in [0.15, 0.2) is 0 Å². The Labute approximate surface area is 447 Å². The quantitative estimate of drug-likeness (QED) is 0.0506. The van der Waals surface area contributed by atoms with Crippen molar-refractivity contribution in [1.82, 2.24) is 42.1 Å². The normalized spacial score (nSPS) is 24.0. The molecule has 0 saturated carbocycles. The van der Waals surface area contributed by atoms with E-state index in [1.165, 1.54) is 30.7 Å². The molecule has 16 N–H and O–H groups in total. The zero-order valence-electron chi connectivity index (χ0n) is 44.0. The van der Waals surface area contributed by atoms with E-state index >= 15 is 0 Å². The third-order valence-electron chi connectivity index (χ3n) is 13.5. The fourth-order valence-electron chi connectivity index (χ4n) is 9.03. The number of phenolic OH excluding ortho intramolecular Hbond substituents is 1. The van der Waals surface area contributed by atoms with Gasteiger partial charge in [-0.25, -0.2) is 0 Å². The molecule has 1 aromatic carbocycles. The zero-order valence-corrected chi connectivity index (χ0v) is 44.0. The number of carboxylic acid groups (broad SMARTS) is 1. The van der Waals surface area contributed by atoms with Gasteiger partial charge in [0, 0.05) is 31.8 Å². The Kier molecular flexibility index (Phi) is 27.3. The maximum atomic E-state index is 14.3. The van der Waals surface area contributed by atoms with Gasteiger partial charge in [-0.05, 0) is 49.3 Å². The summed E-state index contributed by atoms with van der Waals surface area (Å²) in [5.74, 6) is -12.7. The minimum Gasteiger partial charge on any atom is -0.508 e. The van der Waals surface area contributed by atoms with Crippen molar-refractivity contribution in [2.75, 3.05) is 13.2 Å². The number of nitrogens with zero attached hydrogens (tertiary/aromatic N) is 1. The van der Waals surface area contributed by atoms with E-state index in [0.29, 0.717) is 24.3 Å². The number of hydrogen-bond acceptors (Lipinski definition) is 14. The maximum absolute atomic E-state index is 14.3. The van der Waals surface area contributed by atoms with E-state index in [1.807, 2.05) is 0 Å². The standard InChI is InChI=1S/C51H79N11O15/c1-3-29(2)13-10-8-6-4-5-7-9-11-14-31-24-43(68)56-37(27-44(69)70)48(74)58-34(23-30-16-18-32(64)19-17-30)45(71)59-35(25-41(53)66)46(72)57-33(20-21-40(52)65)51(77)62-22-12-15-39(62)50(76)60-36(26-42(54)67)47(73)61-38(28-63)49(75)55-31/h16-19,29,31,33-39,63-64H,3-15,20-28H2,1-2H3,(H2,52,65)(H2,53,66)(H2,54,67)(H,55,75)(H,56,68)(H,57,72)(H,58,74)(H,59,71)(H,60,76)(H,61,73)(H,69,70)/t29-,31+,33-,34-,35-,36-,37-,38-,39-/m0/s1. The lowest BCUT2D eigenvalue weighted by Gasteiger charge is -2.31. The topological polar surface area (TPSA) is 431 Å². The Morgan fingerprint density at radius 3 is 1.65 bits per heavy atom. The van der Waals surface area contributed by atoms with Gasteiger partial charge >= 0.3 is 5.97 Å². The predicted octanol–water partition coefficient (Wildman–Crippen LogP) is -1.85. The van der Waals surface area contributed by atoms with Crippen molar-refractivity contribution < 1.29 is 72.9 Å². The summed E-state index contributed by atoms with van der Waals surface area (Å²) in [6.45, 7) is 3.29. The molecule has 26 heteroatoms. The highest BCUT2D eigenvalue weighted by atomic mass is 16.4. The number of aliphatic carboxylic acids is 1. The van der Waals surface area contributed by atoms with Crippen LogP contribution in [0.2, 0.25) is 0 Å². The van der Waals surface area contributed by atoms with Crippen molar-refractivity contribution >= 4 is 70.9 Å². The molecule has 2 aliphatic rings. The number of aromatic hydroxyl groups is 1. The van der Waals surface area contributed by atoms with Crippen LogP contribution in [0.25, 0.3) is 0 Å². The number of carbonyl (C=O) groups is 12. The van der Waals surface area contributed by atoms with E-state index in [9.17, 15) is 72.9 Å². The Hall–Kier alpha value is -7.38. The van der Waals surface area contributed by atoms with Crippen LogP contribution >= 0.6 is 0 Å². The summed E-state index contributed by atoms with van der Waals surface area (Å²) in [5, 5.41) is 47.0. The molecule has 2 aliphatic heterocycles. The molecule has 0 unspecified atom stereocenters. The highest BCUT2D eigenvalue weighted by Crippen LogP contribution is 2.21. The first-order valence-corrected chi connectivity index (χ1v) is 26.4. The molecule has 9 atom stereocenters. The molecular formula is C51H79N11O15. The SMILES string of the molecule is CC[C@H](C)CCCCCCCCCC[C@@H]1CC(=O)N[C@@H](CC(=O)O)C(=O)N[C@@H](Cc2ccc(O)cc2)C(=O)N[C@@H](CC(N)=O)C(=O)N[C@@H](CCC(N)=O)C(=O)N2CCC[C@H]2C(=O)N[C@@H](CC(N)=O)C(=O)N[C@@H](CO)C(=O)N1. The molecule has 0 aliphatic carbocycles. The Bertz CT molecular complexity index is 2230. The second-order valence-corrected chi connectivity index (χ2v) is 19.9. The third kappa shape index (κ3) is 23.2. The molecule has 428 valence electrons. The summed E-state index contributed by atoms with van der Waals surface area (Å²) in [6, 6.07) is -7.69. The number of nitrogens with two attached hydrogens (primary N) is 3. The number of unbranched alkanes of at least 4 members (excludes halogenated alkanes) is 7. The monoisotopic (exact) mass is 1090 g/mol. The Morgan fingerprint density at radius 1 is 0.610 bits per heavy atom. The molecule has 0 bridgehead atoms. The number of primary amides is 3. The van der Waals surface area contributed by atoms with Crippen LogP contribution in [0, 0.1) is 5.92 Å². The van der Waals surface area contributed by atoms with Crippen LogP contribution in [0.3, 0.4) is 0 Å². The van der Waals surface area contributed by atoms with Gasteiger partial charge in [-0.3, -0.25) is 57.5 Å². The molecule has 11 amide bonds. The Morgan fingerprint density at radius 2 is 1.10 bits per heavy atom. The first kappa shape index (κ1) is 63.9. The largest absolute Gasteiger partial charge is 0.508 e. The second kappa shape index (κ2) is 32.9. The number of nitrogens with one attached hydrogen (secondary N) is 7. The zero-order chi connectivity index (χ0) is 57.2. The van der Waals surface area contributed by atoms with Gasteiger partial charge in [0.25, 0.3) is 0 Å². The summed E-state index contributed by atoms with van der Waals surface area (Å²) in [5.41, 5.74) is 16.6. The summed E-state index contributed by atoms with van der Waals surface area (Å²) in [6.07, 6.45) is 5.34. The lowest BCUT2D eigenvalue weighted by Crippen LogP contribution is -2.60. The van der Waals surface area contributed by atoms with Gasteiger partial charge < -0.3 is 74.6 Å². The number of aliphatic hydroxyl groups is 1. The van der Waals surface area contributed by atoms with Gasteiger partial charge in [-0.1, -0.05) is 90.2 Å². The van der Waals surface area contributed by atoms with Crippen molar-refractivity contribution in [3.05, 3.63) is 29.8 Å². The van der Waals surface area contributed by atoms with Crippen LogP contribution in [0.1, 0.15) is 141 Å². The van der Waals surface area contributed by atoms with Crippen LogP contribution in [0.4, 0.5) is 0 Å². The predicted molar refractivity (Wildman–Crippen MR) is 276 cm³/mol. The fourth-order valence-corrected chi connectivity index (χ4v) is 9.03. The highest BCUT2D eigenvalue weighted by Gasteiger charge is 2.41. The van der Waals surface area contributed by atoms with E-state index in [1.54, 1.807) is 0 Å². The van der Waals surface area contributed by atoms with Crippen molar-refractivity contribution in [1.29, 1.82) is 0 Å². The highest BCUT2D eigenvalue weighted by molar-refractivity contribution is 6.00. The van der Waals surface area contributed by atoms with Gasteiger partial charge in [-0.15, -0.1) is 0 Å². The number of carbonyl (C=O) groups excluding carboxylic acids is 11. The van der Waals surface area contributed by atoms with Crippen LogP contribution < -0.4 is 54.4 Å². The number of fused-ring (bicyclic) bond motifs is 1. The lowest BCUT2D eigenvalue weighted by molar-refractivity contribution is -0.143. The van der Waals surface area contributed by atoms with Crippen molar-refractivity contribution in [3.8, 4) is 5.75 Å². The minimum atomic E-state index is -1.88. The first-order chi connectivity index (χ1) is 36.5. The summed E-state index contributed by atoms with van der Waals surface area (Å²) in [7, 11) is 0. The van der Waals surface area contributed by atoms with E-state index in [2.05, 4.69) is 51.1 Å². The second-order valence-electron chi connectivity index (χ2n) is 19.9. The maximum Gasteiger partial charge on any atom is 0.305 e.